The van der Waals surface area contributed by atoms with Gasteiger partial charge in [0, 0.05) is 18.2 Å². The molecule has 0 fully saturated rings. The average Bonchev–Trinajstić information content (AvgIpc) is 2.83. The summed E-state index contributed by atoms with van der Waals surface area (Å²) >= 11 is 0. The van der Waals surface area contributed by atoms with Gasteiger partial charge in [0.25, 0.3) is 5.91 Å². The first-order chi connectivity index (χ1) is 15.1. The van der Waals surface area contributed by atoms with E-state index in [1.807, 2.05) is 66.7 Å². The molecule has 6 nitrogen and oxygen atoms in total. The molecule has 0 spiro atoms. The summed E-state index contributed by atoms with van der Waals surface area (Å²) in [6, 6.07) is 23.7. The number of esters is 1. The molecule has 1 N–H and O–H groups in total. The summed E-state index contributed by atoms with van der Waals surface area (Å²) in [5.74, 6) is -0.895. The van der Waals surface area contributed by atoms with E-state index in [2.05, 4.69) is 15.3 Å². The minimum absolute atomic E-state index is 0.179. The Morgan fingerprint density at radius 3 is 2.23 bits per heavy atom. The first kappa shape index (κ1) is 20.2. The quantitative estimate of drug-likeness (QED) is 0.488. The zero-order valence-corrected chi connectivity index (χ0v) is 17.0. The number of carbonyl (C=O) groups is 2. The number of fused-ring (bicyclic) bond motifs is 1. The number of amides is 1. The van der Waals surface area contributed by atoms with Gasteiger partial charge in [0.15, 0.2) is 0 Å². The molecule has 0 saturated heterocycles. The highest BCUT2D eigenvalue weighted by Crippen LogP contribution is 2.19. The first-order valence-corrected chi connectivity index (χ1v) is 9.89. The minimum Gasteiger partial charge on any atom is -0.467 e. The maximum atomic E-state index is 12.8. The molecular weight excluding hydrogens is 390 g/mol. The van der Waals surface area contributed by atoms with Crippen molar-refractivity contribution in [3.8, 4) is 11.1 Å². The molecule has 4 rings (SSSR count). The van der Waals surface area contributed by atoms with Crippen molar-refractivity contribution in [2.45, 2.75) is 12.5 Å². The maximum Gasteiger partial charge on any atom is 0.328 e. The summed E-state index contributed by atoms with van der Waals surface area (Å²) in [5, 5.41) is 2.76. The lowest BCUT2D eigenvalue weighted by Crippen LogP contribution is -2.43. The second-order valence-electron chi connectivity index (χ2n) is 7.05. The van der Waals surface area contributed by atoms with Crippen LogP contribution in [0.4, 0.5) is 0 Å². The SMILES string of the molecule is COC(=O)[C@H](Cc1cnc2ccccc2n1)NC(=O)c1ccc(-c2ccccc2)cc1. The lowest BCUT2D eigenvalue weighted by atomic mass is 10.0. The van der Waals surface area contributed by atoms with Gasteiger partial charge in [0.2, 0.25) is 0 Å². The fraction of sp³-hybridized carbons (Fsp3) is 0.120. The van der Waals surface area contributed by atoms with Crippen LogP contribution in [0.1, 0.15) is 16.1 Å². The Labute approximate surface area is 179 Å². The van der Waals surface area contributed by atoms with Crippen molar-refractivity contribution in [3.05, 3.63) is 96.3 Å². The first-order valence-electron chi connectivity index (χ1n) is 9.89. The highest BCUT2D eigenvalue weighted by Gasteiger charge is 2.23. The molecule has 1 amide bonds. The molecule has 1 aromatic heterocycles. The number of nitrogens with zero attached hydrogens (tertiary/aromatic N) is 2. The van der Waals surface area contributed by atoms with Gasteiger partial charge < -0.3 is 10.1 Å². The molecule has 3 aromatic carbocycles. The summed E-state index contributed by atoms with van der Waals surface area (Å²) < 4.78 is 4.88. The number of benzene rings is 3. The molecule has 0 unspecified atom stereocenters. The normalized spacial score (nSPS) is 11.6. The largest absolute Gasteiger partial charge is 0.467 e. The van der Waals surface area contributed by atoms with E-state index in [0.717, 1.165) is 22.2 Å². The van der Waals surface area contributed by atoms with E-state index in [9.17, 15) is 9.59 Å². The van der Waals surface area contributed by atoms with Gasteiger partial charge in [-0.2, -0.15) is 0 Å². The Kier molecular flexibility index (Phi) is 5.98. The number of aromatic nitrogens is 2. The standard InChI is InChI=1S/C25H21N3O3/c1-31-25(30)23(15-20-16-26-21-9-5-6-10-22(21)27-20)28-24(29)19-13-11-18(12-14-19)17-7-3-2-4-8-17/h2-14,16,23H,15H2,1H3,(H,28,29)/t23-/m0/s1. The van der Waals surface area contributed by atoms with Gasteiger partial charge in [0.1, 0.15) is 6.04 Å². The number of hydrogen-bond donors (Lipinski definition) is 1. The zero-order chi connectivity index (χ0) is 21.6. The topological polar surface area (TPSA) is 81.2 Å². The third kappa shape index (κ3) is 4.75. The van der Waals surface area contributed by atoms with E-state index in [0.29, 0.717) is 11.3 Å². The van der Waals surface area contributed by atoms with Crippen molar-refractivity contribution < 1.29 is 14.3 Å². The summed E-state index contributed by atoms with van der Waals surface area (Å²) in [4.78, 5) is 34.0. The summed E-state index contributed by atoms with van der Waals surface area (Å²) in [5.41, 5.74) is 4.62. The maximum absolute atomic E-state index is 12.8. The van der Waals surface area contributed by atoms with Crippen LogP contribution < -0.4 is 5.32 Å². The molecule has 1 heterocycles. The molecule has 4 aromatic rings. The Morgan fingerprint density at radius 2 is 1.52 bits per heavy atom. The summed E-state index contributed by atoms with van der Waals surface area (Å²) in [7, 11) is 1.29. The number of rotatable bonds is 6. The zero-order valence-electron chi connectivity index (χ0n) is 17.0. The highest BCUT2D eigenvalue weighted by molar-refractivity contribution is 5.97. The van der Waals surface area contributed by atoms with Crippen LogP contribution in [0, 0.1) is 0 Å². The molecule has 31 heavy (non-hydrogen) atoms. The molecule has 1 atom stereocenters. The highest BCUT2D eigenvalue weighted by atomic mass is 16.5. The number of ether oxygens (including phenoxy) is 1. The number of nitrogens with one attached hydrogen (secondary N) is 1. The number of methoxy groups -OCH3 is 1. The van der Waals surface area contributed by atoms with Crippen molar-refractivity contribution in [2.24, 2.45) is 0 Å². The molecule has 0 aliphatic heterocycles. The predicted octanol–water partition coefficient (Wildman–Crippen LogP) is 3.81. The van der Waals surface area contributed by atoms with Crippen molar-refractivity contribution in [1.29, 1.82) is 0 Å². The Balaban J connectivity index is 1.50. The second-order valence-corrected chi connectivity index (χ2v) is 7.05. The van der Waals surface area contributed by atoms with Gasteiger partial charge in [-0.1, -0.05) is 54.6 Å². The van der Waals surface area contributed by atoms with Gasteiger partial charge in [0.05, 0.1) is 23.8 Å². The van der Waals surface area contributed by atoms with Crippen LogP contribution in [0.15, 0.2) is 85.1 Å². The van der Waals surface area contributed by atoms with Gasteiger partial charge >= 0.3 is 5.97 Å². The molecule has 0 bridgehead atoms. The van der Waals surface area contributed by atoms with Gasteiger partial charge in [-0.25, -0.2) is 9.78 Å². The summed E-state index contributed by atoms with van der Waals surface area (Å²) in [6.45, 7) is 0. The summed E-state index contributed by atoms with van der Waals surface area (Å²) in [6.07, 6.45) is 1.79. The van der Waals surface area contributed by atoms with Crippen LogP contribution in [-0.2, 0) is 16.0 Å². The smallest absolute Gasteiger partial charge is 0.328 e. The number of carbonyl (C=O) groups excluding carboxylic acids is 2. The van der Waals surface area contributed by atoms with Crippen molar-refractivity contribution in [3.63, 3.8) is 0 Å². The van der Waals surface area contributed by atoms with E-state index >= 15 is 0 Å². The molecule has 0 saturated carbocycles. The second kappa shape index (κ2) is 9.17. The van der Waals surface area contributed by atoms with E-state index in [1.165, 1.54) is 7.11 Å². The van der Waals surface area contributed by atoms with Crippen LogP contribution in [0.2, 0.25) is 0 Å². The fourth-order valence-corrected chi connectivity index (χ4v) is 3.32. The average molecular weight is 411 g/mol. The molecule has 154 valence electrons. The Bertz CT molecular complexity index is 1210. The number of para-hydroxylation sites is 2. The minimum atomic E-state index is -0.873. The van der Waals surface area contributed by atoms with Crippen LogP contribution in [0.3, 0.4) is 0 Å². The van der Waals surface area contributed by atoms with Crippen molar-refractivity contribution >= 4 is 22.9 Å². The molecule has 0 aliphatic rings. The Morgan fingerprint density at radius 1 is 0.871 bits per heavy atom. The van der Waals surface area contributed by atoms with Gasteiger partial charge in [-0.05, 0) is 35.4 Å². The lowest BCUT2D eigenvalue weighted by molar-refractivity contribution is -0.142. The molecule has 6 heteroatoms. The Hall–Kier alpha value is -4.06. The van der Waals surface area contributed by atoms with Gasteiger partial charge in [-0.3, -0.25) is 9.78 Å². The third-order valence-electron chi connectivity index (χ3n) is 4.96. The number of hydrogen-bond acceptors (Lipinski definition) is 5. The fourth-order valence-electron chi connectivity index (χ4n) is 3.32. The molecular formula is C25H21N3O3. The van der Waals surface area contributed by atoms with E-state index in [1.54, 1.807) is 18.3 Å². The lowest BCUT2D eigenvalue weighted by Gasteiger charge is -2.16. The van der Waals surface area contributed by atoms with Crippen molar-refractivity contribution in [2.75, 3.05) is 7.11 Å². The van der Waals surface area contributed by atoms with E-state index in [4.69, 9.17) is 4.74 Å². The predicted molar refractivity (Wildman–Crippen MR) is 118 cm³/mol. The van der Waals surface area contributed by atoms with Crippen LogP contribution in [0.25, 0.3) is 22.2 Å². The molecule has 0 radical (unpaired) electrons. The monoisotopic (exact) mass is 411 g/mol. The molecule has 0 aliphatic carbocycles. The third-order valence-corrected chi connectivity index (χ3v) is 4.96. The van der Waals surface area contributed by atoms with Crippen LogP contribution >= 0.6 is 0 Å². The van der Waals surface area contributed by atoms with E-state index in [-0.39, 0.29) is 12.3 Å². The van der Waals surface area contributed by atoms with Crippen LogP contribution in [-0.4, -0.2) is 35.0 Å². The van der Waals surface area contributed by atoms with Crippen LogP contribution in [0.5, 0.6) is 0 Å². The van der Waals surface area contributed by atoms with Crippen molar-refractivity contribution in [1.82, 2.24) is 15.3 Å². The van der Waals surface area contributed by atoms with Gasteiger partial charge in [-0.15, -0.1) is 0 Å². The van der Waals surface area contributed by atoms with E-state index < -0.39 is 12.0 Å².